The van der Waals surface area contributed by atoms with E-state index in [0.717, 1.165) is 25.9 Å². The highest BCUT2D eigenvalue weighted by Gasteiger charge is 2.25. The Labute approximate surface area is 104 Å². The fraction of sp³-hybridized carbons (Fsp3) is 0.923. The van der Waals surface area contributed by atoms with E-state index in [2.05, 4.69) is 20.8 Å². The summed E-state index contributed by atoms with van der Waals surface area (Å²) in [5, 5.41) is 8.68. The molecule has 0 radical (unpaired) electrons. The third-order valence-electron chi connectivity index (χ3n) is 2.92. The normalized spacial score (nSPS) is 18.5. The number of aliphatic hydroxyl groups is 1. The summed E-state index contributed by atoms with van der Waals surface area (Å²) >= 11 is 0. The first-order valence-corrected chi connectivity index (χ1v) is 6.42. The van der Waals surface area contributed by atoms with Crippen LogP contribution in [-0.2, 0) is 9.53 Å². The molecule has 17 heavy (non-hydrogen) atoms. The van der Waals surface area contributed by atoms with Crippen LogP contribution in [-0.4, -0.2) is 48.3 Å². The Morgan fingerprint density at radius 2 is 1.94 bits per heavy atom. The summed E-state index contributed by atoms with van der Waals surface area (Å²) in [7, 11) is 0. The summed E-state index contributed by atoms with van der Waals surface area (Å²) in [5.41, 5.74) is 0.0569. The van der Waals surface area contributed by atoms with E-state index in [-0.39, 0.29) is 24.0 Å². The first-order valence-electron chi connectivity index (χ1n) is 6.42. The van der Waals surface area contributed by atoms with Gasteiger partial charge in [-0.2, -0.15) is 0 Å². The van der Waals surface area contributed by atoms with Gasteiger partial charge in [0.2, 0.25) is 5.91 Å². The number of carbonyl (C=O) groups is 1. The standard InChI is InChI=1S/C13H25NO3/c1-13(2,3)10-12(16)14-6-4-11(5-7-14)17-9-8-15/h11,15H,4-10H2,1-3H3. The number of likely N-dealkylation sites (tertiary alicyclic amines) is 1. The Morgan fingerprint density at radius 3 is 2.41 bits per heavy atom. The van der Waals surface area contributed by atoms with E-state index in [1.165, 1.54) is 0 Å². The molecule has 0 saturated carbocycles. The lowest BCUT2D eigenvalue weighted by Crippen LogP contribution is -2.42. The molecule has 1 aliphatic rings. The molecule has 0 spiro atoms. The molecule has 0 atom stereocenters. The first-order chi connectivity index (χ1) is 7.92. The van der Waals surface area contributed by atoms with Gasteiger partial charge in [0.05, 0.1) is 19.3 Å². The maximum absolute atomic E-state index is 12.0. The van der Waals surface area contributed by atoms with Crippen molar-refractivity contribution in [3.8, 4) is 0 Å². The molecule has 100 valence electrons. The molecule has 1 rings (SSSR count). The van der Waals surface area contributed by atoms with Gasteiger partial charge in [0, 0.05) is 19.5 Å². The molecule has 0 aromatic heterocycles. The van der Waals surface area contributed by atoms with Gasteiger partial charge in [-0.25, -0.2) is 0 Å². The van der Waals surface area contributed by atoms with Gasteiger partial charge >= 0.3 is 0 Å². The molecule has 4 nitrogen and oxygen atoms in total. The molecule has 0 unspecified atom stereocenters. The molecule has 1 heterocycles. The smallest absolute Gasteiger partial charge is 0.223 e. The predicted molar refractivity (Wildman–Crippen MR) is 66.7 cm³/mol. The molecule has 1 N–H and O–H groups in total. The van der Waals surface area contributed by atoms with Crippen LogP contribution in [0, 0.1) is 5.41 Å². The largest absolute Gasteiger partial charge is 0.394 e. The molecule has 1 amide bonds. The number of nitrogens with zero attached hydrogens (tertiary/aromatic N) is 1. The van der Waals surface area contributed by atoms with Gasteiger partial charge in [0.1, 0.15) is 0 Å². The Bertz CT molecular complexity index is 240. The molecular weight excluding hydrogens is 218 g/mol. The van der Waals surface area contributed by atoms with Gasteiger partial charge in [-0.3, -0.25) is 4.79 Å². The zero-order chi connectivity index (χ0) is 12.9. The third kappa shape index (κ3) is 5.50. The van der Waals surface area contributed by atoms with Gasteiger partial charge in [0.25, 0.3) is 0 Å². The van der Waals surface area contributed by atoms with Crippen LogP contribution in [0.3, 0.4) is 0 Å². The van der Waals surface area contributed by atoms with E-state index in [9.17, 15) is 4.79 Å². The minimum atomic E-state index is 0.0569. The van der Waals surface area contributed by atoms with E-state index >= 15 is 0 Å². The number of rotatable bonds is 4. The summed E-state index contributed by atoms with van der Waals surface area (Å²) in [6.07, 6.45) is 2.59. The van der Waals surface area contributed by atoms with Gasteiger partial charge < -0.3 is 14.7 Å². The third-order valence-corrected chi connectivity index (χ3v) is 2.92. The number of amides is 1. The fourth-order valence-corrected chi connectivity index (χ4v) is 2.06. The van der Waals surface area contributed by atoms with E-state index < -0.39 is 0 Å². The van der Waals surface area contributed by atoms with E-state index in [0.29, 0.717) is 13.0 Å². The highest BCUT2D eigenvalue weighted by molar-refractivity contribution is 5.76. The molecule has 0 aromatic rings. The minimum absolute atomic E-state index is 0.0569. The molecule has 0 bridgehead atoms. The van der Waals surface area contributed by atoms with Crippen LogP contribution in [0.25, 0.3) is 0 Å². The summed E-state index contributed by atoms with van der Waals surface area (Å²) in [6, 6.07) is 0. The van der Waals surface area contributed by atoms with Crippen LogP contribution in [0.4, 0.5) is 0 Å². The molecule has 0 aliphatic carbocycles. The predicted octanol–water partition coefficient (Wildman–Crippen LogP) is 1.42. The van der Waals surface area contributed by atoms with Crippen LogP contribution < -0.4 is 0 Å². The molecule has 0 aromatic carbocycles. The quantitative estimate of drug-likeness (QED) is 0.812. The maximum Gasteiger partial charge on any atom is 0.223 e. The monoisotopic (exact) mass is 243 g/mol. The van der Waals surface area contributed by atoms with Gasteiger partial charge in [-0.1, -0.05) is 20.8 Å². The first kappa shape index (κ1) is 14.5. The second-order valence-corrected chi connectivity index (χ2v) is 5.91. The Kier molecular flexibility index (Phi) is 5.40. The van der Waals surface area contributed by atoms with E-state index in [1.54, 1.807) is 0 Å². The second-order valence-electron chi connectivity index (χ2n) is 5.91. The van der Waals surface area contributed by atoms with Crippen LogP contribution in [0.1, 0.15) is 40.0 Å². The Morgan fingerprint density at radius 1 is 1.35 bits per heavy atom. The highest BCUT2D eigenvalue weighted by atomic mass is 16.5. The Balaban J connectivity index is 2.29. The van der Waals surface area contributed by atoms with Crippen molar-refractivity contribution in [2.24, 2.45) is 5.41 Å². The van der Waals surface area contributed by atoms with Crippen LogP contribution in [0.5, 0.6) is 0 Å². The van der Waals surface area contributed by atoms with Crippen molar-refractivity contribution in [1.82, 2.24) is 4.90 Å². The van der Waals surface area contributed by atoms with Crippen molar-refractivity contribution in [2.75, 3.05) is 26.3 Å². The van der Waals surface area contributed by atoms with E-state index in [1.807, 2.05) is 4.90 Å². The highest BCUT2D eigenvalue weighted by Crippen LogP contribution is 2.22. The van der Waals surface area contributed by atoms with Crippen LogP contribution in [0.2, 0.25) is 0 Å². The molecule has 1 saturated heterocycles. The van der Waals surface area contributed by atoms with Crippen molar-refractivity contribution in [1.29, 1.82) is 0 Å². The lowest BCUT2D eigenvalue weighted by atomic mass is 9.91. The number of hydrogen-bond acceptors (Lipinski definition) is 3. The fourth-order valence-electron chi connectivity index (χ4n) is 2.06. The maximum atomic E-state index is 12.0. The second kappa shape index (κ2) is 6.36. The van der Waals surface area contributed by atoms with Crippen molar-refractivity contribution in [3.63, 3.8) is 0 Å². The average Bonchev–Trinajstić information content (AvgIpc) is 2.24. The van der Waals surface area contributed by atoms with E-state index in [4.69, 9.17) is 9.84 Å². The summed E-state index contributed by atoms with van der Waals surface area (Å²) in [6.45, 7) is 8.30. The van der Waals surface area contributed by atoms with Gasteiger partial charge in [-0.05, 0) is 18.3 Å². The lowest BCUT2D eigenvalue weighted by molar-refractivity contribution is -0.135. The SMILES string of the molecule is CC(C)(C)CC(=O)N1CCC(OCCO)CC1. The van der Waals surface area contributed by atoms with Crippen LogP contribution >= 0.6 is 0 Å². The zero-order valence-corrected chi connectivity index (χ0v) is 11.2. The molecular formula is C13H25NO3. The summed E-state index contributed by atoms with van der Waals surface area (Å²) in [5.74, 6) is 0.248. The number of carbonyl (C=O) groups excluding carboxylic acids is 1. The topological polar surface area (TPSA) is 49.8 Å². The number of ether oxygens (including phenoxy) is 1. The van der Waals surface area contributed by atoms with Crippen molar-refractivity contribution in [3.05, 3.63) is 0 Å². The minimum Gasteiger partial charge on any atom is -0.394 e. The average molecular weight is 243 g/mol. The molecule has 4 heteroatoms. The van der Waals surface area contributed by atoms with Crippen LogP contribution in [0.15, 0.2) is 0 Å². The zero-order valence-electron chi connectivity index (χ0n) is 11.2. The molecule has 1 fully saturated rings. The van der Waals surface area contributed by atoms with Gasteiger partial charge in [-0.15, -0.1) is 0 Å². The lowest BCUT2D eigenvalue weighted by Gasteiger charge is -2.33. The number of aliphatic hydroxyl groups excluding tert-OH is 1. The Hall–Kier alpha value is -0.610. The van der Waals surface area contributed by atoms with Crippen molar-refractivity contribution >= 4 is 5.91 Å². The van der Waals surface area contributed by atoms with Crippen molar-refractivity contribution in [2.45, 2.75) is 46.1 Å². The van der Waals surface area contributed by atoms with Crippen molar-refractivity contribution < 1.29 is 14.6 Å². The number of piperidine rings is 1. The summed E-state index contributed by atoms with van der Waals surface area (Å²) < 4.78 is 5.47. The molecule has 1 aliphatic heterocycles. The summed E-state index contributed by atoms with van der Waals surface area (Å²) in [4.78, 5) is 13.9. The van der Waals surface area contributed by atoms with Gasteiger partial charge in [0.15, 0.2) is 0 Å². The number of hydrogen-bond donors (Lipinski definition) is 1.